The molecule has 1 amide bonds. The van der Waals surface area contributed by atoms with Gasteiger partial charge in [-0.3, -0.25) is 4.79 Å². The summed E-state index contributed by atoms with van der Waals surface area (Å²) in [6, 6.07) is 3.21. The molecule has 0 spiro atoms. The highest BCUT2D eigenvalue weighted by Gasteiger charge is 2.14. The Morgan fingerprint density at radius 1 is 1.86 bits per heavy atom. The van der Waals surface area contributed by atoms with Crippen LogP contribution in [0.3, 0.4) is 0 Å². The number of nitrogens with zero attached hydrogens (tertiary/aromatic N) is 1. The van der Waals surface area contributed by atoms with E-state index in [0.717, 1.165) is 0 Å². The Morgan fingerprint density at radius 2 is 2.57 bits per heavy atom. The van der Waals surface area contributed by atoms with Crippen molar-refractivity contribution in [2.45, 2.75) is 19.4 Å². The molecule has 0 aliphatic carbocycles. The van der Waals surface area contributed by atoms with Gasteiger partial charge in [0.25, 0.3) is 5.91 Å². The van der Waals surface area contributed by atoms with Crippen molar-refractivity contribution in [2.75, 3.05) is 0 Å². The number of hydrogen-bond acceptors (Lipinski definition) is 3. The summed E-state index contributed by atoms with van der Waals surface area (Å²) in [7, 11) is 0. The summed E-state index contributed by atoms with van der Waals surface area (Å²) in [6.45, 7) is 1.84. The molecule has 0 bridgehead atoms. The summed E-state index contributed by atoms with van der Waals surface area (Å²) < 4.78 is 0. The van der Waals surface area contributed by atoms with E-state index in [4.69, 9.17) is 16.9 Å². The molecule has 1 rings (SSSR count). The van der Waals surface area contributed by atoms with Gasteiger partial charge >= 0.3 is 0 Å². The Balaban J connectivity index is 2.69. The number of amides is 1. The summed E-state index contributed by atoms with van der Waals surface area (Å²) in [5, 5.41) is 13.4. The molecule has 1 N–H and O–H groups in total. The van der Waals surface area contributed by atoms with Crippen LogP contribution in [0.1, 0.15) is 23.0 Å². The van der Waals surface area contributed by atoms with Gasteiger partial charge in [-0.15, -0.1) is 11.3 Å². The highest BCUT2D eigenvalue weighted by atomic mass is 35.5. The molecule has 0 radical (unpaired) electrons. The van der Waals surface area contributed by atoms with Gasteiger partial charge in [0.2, 0.25) is 0 Å². The zero-order valence-corrected chi connectivity index (χ0v) is 9.15. The molecule has 74 valence electrons. The van der Waals surface area contributed by atoms with Crippen LogP contribution in [0.25, 0.3) is 0 Å². The SMILES string of the molecule is CCC(C#N)NC(=O)c1sccc1Cl. The highest BCUT2D eigenvalue weighted by molar-refractivity contribution is 7.12. The lowest BCUT2D eigenvalue weighted by Crippen LogP contribution is -2.32. The Morgan fingerprint density at radius 3 is 3.00 bits per heavy atom. The van der Waals surface area contributed by atoms with Crippen molar-refractivity contribution in [3.05, 3.63) is 21.3 Å². The first-order valence-corrected chi connectivity index (χ1v) is 5.38. The Bertz CT molecular complexity index is 369. The molecular formula is C9H9ClN2OS. The number of hydrogen-bond donors (Lipinski definition) is 1. The third-order valence-corrected chi connectivity index (χ3v) is 3.03. The van der Waals surface area contributed by atoms with Gasteiger partial charge in [0.15, 0.2) is 0 Å². The van der Waals surface area contributed by atoms with Crippen molar-refractivity contribution < 1.29 is 4.79 Å². The highest BCUT2D eigenvalue weighted by Crippen LogP contribution is 2.21. The predicted molar refractivity (Wildman–Crippen MR) is 56.5 cm³/mol. The van der Waals surface area contributed by atoms with E-state index in [1.807, 2.05) is 13.0 Å². The fourth-order valence-corrected chi connectivity index (χ4v) is 1.95. The number of nitriles is 1. The predicted octanol–water partition coefficient (Wildman–Crippen LogP) is 2.43. The van der Waals surface area contributed by atoms with Crippen molar-refractivity contribution in [1.82, 2.24) is 5.32 Å². The molecule has 1 heterocycles. The fraction of sp³-hybridized carbons (Fsp3) is 0.333. The van der Waals surface area contributed by atoms with E-state index in [2.05, 4.69) is 5.32 Å². The number of nitrogens with one attached hydrogen (secondary N) is 1. The van der Waals surface area contributed by atoms with Crippen LogP contribution < -0.4 is 5.32 Å². The van der Waals surface area contributed by atoms with Crippen LogP contribution in [-0.4, -0.2) is 11.9 Å². The van der Waals surface area contributed by atoms with Crippen LogP contribution in [-0.2, 0) is 0 Å². The van der Waals surface area contributed by atoms with E-state index in [1.54, 1.807) is 11.4 Å². The third-order valence-electron chi connectivity index (χ3n) is 1.69. The summed E-state index contributed by atoms with van der Waals surface area (Å²) in [5.74, 6) is -0.279. The third kappa shape index (κ3) is 2.47. The lowest BCUT2D eigenvalue weighted by molar-refractivity contribution is 0.0949. The second-order valence-electron chi connectivity index (χ2n) is 2.66. The summed E-state index contributed by atoms with van der Waals surface area (Å²) >= 11 is 7.04. The molecule has 5 heteroatoms. The molecular weight excluding hydrogens is 220 g/mol. The first kappa shape index (κ1) is 11.0. The van der Waals surface area contributed by atoms with E-state index in [0.29, 0.717) is 16.3 Å². The average molecular weight is 229 g/mol. The van der Waals surface area contributed by atoms with Gasteiger partial charge in [0, 0.05) is 0 Å². The van der Waals surface area contributed by atoms with Gasteiger partial charge in [0.1, 0.15) is 10.9 Å². The van der Waals surface area contributed by atoms with Gasteiger partial charge in [-0.2, -0.15) is 5.26 Å². The second-order valence-corrected chi connectivity index (χ2v) is 3.98. The van der Waals surface area contributed by atoms with Crippen LogP contribution >= 0.6 is 22.9 Å². The van der Waals surface area contributed by atoms with E-state index in [1.165, 1.54) is 11.3 Å². The van der Waals surface area contributed by atoms with Crippen LogP contribution in [0, 0.1) is 11.3 Å². The molecule has 14 heavy (non-hydrogen) atoms. The minimum atomic E-state index is -0.444. The van der Waals surface area contributed by atoms with Crippen LogP contribution in [0.4, 0.5) is 0 Å². The van der Waals surface area contributed by atoms with E-state index < -0.39 is 6.04 Å². The van der Waals surface area contributed by atoms with Crippen LogP contribution in [0.5, 0.6) is 0 Å². The monoisotopic (exact) mass is 228 g/mol. The topological polar surface area (TPSA) is 52.9 Å². The lowest BCUT2D eigenvalue weighted by atomic mass is 10.2. The van der Waals surface area contributed by atoms with Gasteiger partial charge < -0.3 is 5.32 Å². The Kier molecular flexibility index (Phi) is 3.93. The van der Waals surface area contributed by atoms with Crippen LogP contribution in [0.15, 0.2) is 11.4 Å². The molecule has 1 aromatic heterocycles. The summed E-state index contributed by atoms with van der Waals surface area (Å²) in [6.07, 6.45) is 0.589. The zero-order chi connectivity index (χ0) is 10.6. The normalized spacial score (nSPS) is 11.8. The Labute approximate surface area is 91.3 Å². The van der Waals surface area contributed by atoms with E-state index >= 15 is 0 Å². The van der Waals surface area contributed by atoms with E-state index in [9.17, 15) is 4.79 Å². The summed E-state index contributed by atoms with van der Waals surface area (Å²) in [5.41, 5.74) is 0. The second kappa shape index (κ2) is 4.99. The van der Waals surface area contributed by atoms with Gasteiger partial charge in [0.05, 0.1) is 11.1 Å². The van der Waals surface area contributed by atoms with Gasteiger partial charge in [-0.1, -0.05) is 18.5 Å². The van der Waals surface area contributed by atoms with E-state index in [-0.39, 0.29) is 5.91 Å². The van der Waals surface area contributed by atoms with Crippen molar-refractivity contribution in [3.63, 3.8) is 0 Å². The van der Waals surface area contributed by atoms with Crippen molar-refractivity contribution >= 4 is 28.8 Å². The minimum absolute atomic E-state index is 0.279. The maximum Gasteiger partial charge on any atom is 0.263 e. The van der Waals surface area contributed by atoms with Crippen molar-refractivity contribution in [2.24, 2.45) is 0 Å². The molecule has 0 saturated carbocycles. The fourth-order valence-electron chi connectivity index (χ4n) is 0.905. The molecule has 0 fully saturated rings. The number of carbonyl (C=O) groups excluding carboxylic acids is 1. The quantitative estimate of drug-likeness (QED) is 0.864. The first-order valence-electron chi connectivity index (χ1n) is 4.12. The van der Waals surface area contributed by atoms with Crippen LogP contribution in [0.2, 0.25) is 5.02 Å². The average Bonchev–Trinajstić information content (AvgIpc) is 2.60. The van der Waals surface area contributed by atoms with Crippen molar-refractivity contribution in [1.29, 1.82) is 5.26 Å². The van der Waals surface area contributed by atoms with Gasteiger partial charge in [-0.25, -0.2) is 0 Å². The first-order chi connectivity index (χ1) is 6.69. The number of thiophene rings is 1. The molecule has 3 nitrogen and oxygen atoms in total. The van der Waals surface area contributed by atoms with Crippen molar-refractivity contribution in [3.8, 4) is 6.07 Å². The molecule has 1 atom stereocenters. The number of rotatable bonds is 3. The molecule has 1 aromatic rings. The van der Waals surface area contributed by atoms with Gasteiger partial charge in [-0.05, 0) is 17.9 Å². The number of carbonyl (C=O) groups is 1. The maximum atomic E-state index is 11.5. The number of halogens is 1. The molecule has 1 unspecified atom stereocenters. The molecule has 0 saturated heterocycles. The largest absolute Gasteiger partial charge is 0.336 e. The molecule has 0 aromatic carbocycles. The standard InChI is InChI=1S/C9H9ClN2OS/c1-2-6(5-11)12-9(13)8-7(10)3-4-14-8/h3-4,6H,2H2,1H3,(H,12,13). The smallest absolute Gasteiger partial charge is 0.263 e. The summed E-state index contributed by atoms with van der Waals surface area (Å²) in [4.78, 5) is 12.0. The lowest BCUT2D eigenvalue weighted by Gasteiger charge is -2.07. The maximum absolute atomic E-state index is 11.5. The minimum Gasteiger partial charge on any atom is -0.336 e. The Hall–Kier alpha value is -1.05. The zero-order valence-electron chi connectivity index (χ0n) is 7.58. The molecule has 0 aliphatic heterocycles. The molecule has 0 aliphatic rings.